The van der Waals surface area contributed by atoms with Crippen LogP contribution in [0.25, 0.3) is 11.3 Å². The molecular weight excluding hydrogens is 430 g/mol. The Balaban J connectivity index is 1.74. The molecule has 1 amide bonds. The van der Waals surface area contributed by atoms with Gasteiger partial charge in [0.25, 0.3) is 5.56 Å². The maximum absolute atomic E-state index is 12.6. The normalized spacial score (nSPS) is 11.3. The van der Waals surface area contributed by atoms with E-state index in [4.69, 9.17) is 23.2 Å². The van der Waals surface area contributed by atoms with Gasteiger partial charge in [0.2, 0.25) is 5.91 Å². The minimum Gasteiger partial charge on any atom is -0.324 e. The number of rotatable bonds is 4. The van der Waals surface area contributed by atoms with Crippen LogP contribution in [0, 0.1) is 0 Å². The molecule has 5 nitrogen and oxygen atoms in total. The zero-order chi connectivity index (χ0) is 21.2. The molecule has 0 aliphatic rings. The summed E-state index contributed by atoms with van der Waals surface area (Å²) in [5, 5.41) is 3.24. The Morgan fingerprint density at radius 1 is 1.03 bits per heavy atom. The van der Waals surface area contributed by atoms with E-state index in [-0.39, 0.29) is 12.2 Å². The van der Waals surface area contributed by atoms with Crippen molar-refractivity contribution in [3.8, 4) is 11.3 Å². The van der Waals surface area contributed by atoms with Crippen LogP contribution in [-0.4, -0.2) is 15.5 Å². The molecule has 0 aliphatic heterocycles. The van der Waals surface area contributed by atoms with Crippen molar-refractivity contribution in [3.63, 3.8) is 0 Å². The van der Waals surface area contributed by atoms with E-state index in [0.29, 0.717) is 21.3 Å². The number of hydrogen-bond acceptors (Lipinski definition) is 3. The van der Waals surface area contributed by atoms with E-state index in [2.05, 4.69) is 10.3 Å². The number of nitrogens with one attached hydrogen (secondary N) is 1. The van der Waals surface area contributed by atoms with Gasteiger partial charge in [-0.15, -0.1) is 0 Å². The van der Waals surface area contributed by atoms with E-state index in [1.807, 2.05) is 0 Å². The topological polar surface area (TPSA) is 64.0 Å². The second kappa shape index (κ2) is 8.26. The first-order valence-electron chi connectivity index (χ1n) is 8.12. The van der Waals surface area contributed by atoms with Gasteiger partial charge in [0.15, 0.2) is 0 Å². The molecule has 10 heteroatoms. The molecule has 0 bridgehead atoms. The van der Waals surface area contributed by atoms with Crippen molar-refractivity contribution >= 4 is 34.8 Å². The number of benzene rings is 2. The number of alkyl halides is 3. The molecule has 0 radical (unpaired) electrons. The molecule has 1 heterocycles. The van der Waals surface area contributed by atoms with Gasteiger partial charge in [-0.3, -0.25) is 14.2 Å². The molecule has 0 spiro atoms. The third-order valence-electron chi connectivity index (χ3n) is 3.85. The minimum atomic E-state index is -4.45. The second-order valence-electron chi connectivity index (χ2n) is 6.02. The summed E-state index contributed by atoms with van der Waals surface area (Å²) in [6.07, 6.45) is -3.30. The molecule has 29 heavy (non-hydrogen) atoms. The van der Waals surface area contributed by atoms with Crippen molar-refractivity contribution in [1.29, 1.82) is 0 Å². The van der Waals surface area contributed by atoms with E-state index in [0.717, 1.165) is 29.1 Å². The highest BCUT2D eigenvalue weighted by Gasteiger charge is 2.30. The lowest BCUT2D eigenvalue weighted by Gasteiger charge is -2.09. The van der Waals surface area contributed by atoms with E-state index in [1.165, 1.54) is 30.3 Å². The van der Waals surface area contributed by atoms with Gasteiger partial charge in [0, 0.05) is 27.4 Å². The van der Waals surface area contributed by atoms with Gasteiger partial charge in [-0.25, -0.2) is 4.98 Å². The Labute approximate surface area is 172 Å². The molecule has 3 rings (SSSR count). The minimum absolute atomic E-state index is 0.196. The fourth-order valence-corrected chi connectivity index (χ4v) is 3.04. The molecule has 1 aromatic heterocycles. The van der Waals surface area contributed by atoms with Crippen LogP contribution in [0.1, 0.15) is 5.56 Å². The summed E-state index contributed by atoms with van der Waals surface area (Å²) < 4.78 is 39.0. The Morgan fingerprint density at radius 2 is 1.66 bits per heavy atom. The highest BCUT2D eigenvalue weighted by Crippen LogP contribution is 2.30. The van der Waals surface area contributed by atoms with Crippen LogP contribution >= 0.6 is 23.2 Å². The van der Waals surface area contributed by atoms with E-state index in [9.17, 15) is 22.8 Å². The van der Waals surface area contributed by atoms with Gasteiger partial charge in [0.05, 0.1) is 17.6 Å². The lowest BCUT2D eigenvalue weighted by atomic mass is 10.1. The Kier molecular flexibility index (Phi) is 5.95. The first-order valence-corrected chi connectivity index (χ1v) is 8.87. The molecule has 0 unspecified atom stereocenters. The molecule has 2 aromatic carbocycles. The van der Waals surface area contributed by atoms with Gasteiger partial charge in [-0.2, -0.15) is 13.2 Å². The van der Waals surface area contributed by atoms with Gasteiger partial charge in [0.1, 0.15) is 6.54 Å². The van der Waals surface area contributed by atoms with Crippen molar-refractivity contribution in [2.24, 2.45) is 0 Å². The highest BCUT2D eigenvalue weighted by atomic mass is 35.5. The summed E-state index contributed by atoms with van der Waals surface area (Å²) in [6, 6.07) is 9.92. The average Bonchev–Trinajstić information content (AvgIpc) is 2.62. The summed E-state index contributed by atoms with van der Waals surface area (Å²) in [4.78, 5) is 28.5. The SMILES string of the molecule is O=C(Cn1cnc(-c2ccc(C(F)(F)F)cc2)cc1=O)Nc1cc(Cl)cc(Cl)c1. The van der Waals surface area contributed by atoms with Crippen molar-refractivity contribution in [3.05, 3.63) is 80.8 Å². The lowest BCUT2D eigenvalue weighted by Crippen LogP contribution is -2.27. The number of carbonyl (C=O) groups excluding carboxylic acids is 1. The number of carbonyl (C=O) groups is 1. The molecular formula is C19H12Cl2F3N3O2. The standard InChI is InChI=1S/C19H12Cl2F3N3O2/c20-13-5-14(21)7-15(6-13)26-17(28)9-27-10-25-16(8-18(27)29)11-1-3-12(4-2-11)19(22,23)24/h1-8,10H,9H2,(H,26,28). The van der Waals surface area contributed by atoms with Crippen LogP contribution in [-0.2, 0) is 17.5 Å². The molecule has 1 N–H and O–H groups in total. The highest BCUT2D eigenvalue weighted by molar-refractivity contribution is 6.35. The van der Waals surface area contributed by atoms with Gasteiger partial charge >= 0.3 is 6.18 Å². The van der Waals surface area contributed by atoms with Crippen molar-refractivity contribution in [2.45, 2.75) is 12.7 Å². The second-order valence-corrected chi connectivity index (χ2v) is 6.89. The fourth-order valence-electron chi connectivity index (χ4n) is 2.51. The zero-order valence-corrected chi connectivity index (χ0v) is 16.0. The molecule has 0 atom stereocenters. The molecule has 0 saturated heterocycles. The van der Waals surface area contributed by atoms with E-state index >= 15 is 0 Å². The zero-order valence-electron chi connectivity index (χ0n) is 14.5. The number of halogens is 5. The molecule has 3 aromatic rings. The average molecular weight is 442 g/mol. The van der Waals surface area contributed by atoms with Crippen molar-refractivity contribution in [2.75, 3.05) is 5.32 Å². The summed E-state index contributed by atoms with van der Waals surface area (Å²) in [5.41, 5.74) is -0.418. The van der Waals surface area contributed by atoms with Gasteiger partial charge < -0.3 is 5.32 Å². The Morgan fingerprint density at radius 3 is 2.21 bits per heavy atom. The van der Waals surface area contributed by atoms with E-state index < -0.39 is 23.2 Å². The Bertz CT molecular complexity index is 1090. The predicted octanol–water partition coefficient (Wildman–Crippen LogP) is 4.87. The molecule has 150 valence electrons. The van der Waals surface area contributed by atoms with Crippen LogP contribution in [0.3, 0.4) is 0 Å². The lowest BCUT2D eigenvalue weighted by molar-refractivity contribution is -0.137. The van der Waals surface area contributed by atoms with Crippen molar-refractivity contribution < 1.29 is 18.0 Å². The maximum atomic E-state index is 12.6. The van der Waals surface area contributed by atoms with Crippen molar-refractivity contribution in [1.82, 2.24) is 9.55 Å². The summed E-state index contributed by atoms with van der Waals surface area (Å²) >= 11 is 11.7. The smallest absolute Gasteiger partial charge is 0.324 e. The van der Waals surface area contributed by atoms with E-state index in [1.54, 1.807) is 0 Å². The van der Waals surface area contributed by atoms with Gasteiger partial charge in [-0.1, -0.05) is 35.3 Å². The number of hydrogen-bond donors (Lipinski definition) is 1. The first kappa shape index (κ1) is 20.9. The Hall–Kier alpha value is -2.84. The van der Waals surface area contributed by atoms with Crippen LogP contribution in [0.5, 0.6) is 0 Å². The number of anilines is 1. The molecule has 0 saturated carbocycles. The quantitative estimate of drug-likeness (QED) is 0.627. The number of amides is 1. The number of aromatic nitrogens is 2. The molecule has 0 fully saturated rings. The summed E-state index contributed by atoms with van der Waals surface area (Å²) in [7, 11) is 0. The fraction of sp³-hybridized carbons (Fsp3) is 0.105. The summed E-state index contributed by atoms with van der Waals surface area (Å²) in [5.74, 6) is -0.505. The monoisotopic (exact) mass is 441 g/mol. The number of nitrogens with zero attached hydrogens (tertiary/aromatic N) is 2. The van der Waals surface area contributed by atoms with Crippen LogP contribution < -0.4 is 10.9 Å². The molecule has 0 aliphatic carbocycles. The first-order chi connectivity index (χ1) is 13.6. The van der Waals surface area contributed by atoms with Crippen LogP contribution in [0.15, 0.2) is 59.7 Å². The third kappa shape index (κ3) is 5.36. The maximum Gasteiger partial charge on any atom is 0.416 e. The van der Waals surface area contributed by atoms with Crippen LogP contribution in [0.2, 0.25) is 10.0 Å². The largest absolute Gasteiger partial charge is 0.416 e. The predicted molar refractivity (Wildman–Crippen MR) is 104 cm³/mol. The summed E-state index contributed by atoms with van der Waals surface area (Å²) in [6.45, 7) is -0.316. The van der Waals surface area contributed by atoms with Gasteiger partial charge in [-0.05, 0) is 30.3 Å². The third-order valence-corrected chi connectivity index (χ3v) is 4.28. The van der Waals surface area contributed by atoms with Crippen LogP contribution in [0.4, 0.5) is 18.9 Å².